The monoisotopic (exact) mass is 430 g/mol. The number of urea groups is 1. The summed E-state index contributed by atoms with van der Waals surface area (Å²) in [5, 5.41) is 16.2. The van der Waals surface area contributed by atoms with Crippen molar-refractivity contribution in [2.45, 2.75) is 45.0 Å². The van der Waals surface area contributed by atoms with Gasteiger partial charge in [0.15, 0.2) is 5.82 Å². The second-order valence-electron chi connectivity index (χ2n) is 8.51. The summed E-state index contributed by atoms with van der Waals surface area (Å²) < 4.78 is 19.3. The van der Waals surface area contributed by atoms with E-state index in [1.54, 1.807) is 44.2 Å². The average molecular weight is 430 g/mol. The number of amides is 3. The first-order valence-electron chi connectivity index (χ1n) is 9.84. The van der Waals surface area contributed by atoms with E-state index in [0.717, 1.165) is 0 Å². The van der Waals surface area contributed by atoms with Crippen LogP contribution >= 0.6 is 0 Å². The lowest BCUT2D eigenvalue weighted by Crippen LogP contribution is -2.51. The smallest absolute Gasteiger partial charge is 0.324 e. The highest BCUT2D eigenvalue weighted by molar-refractivity contribution is 6.08. The first-order chi connectivity index (χ1) is 14.4. The molecule has 3 N–H and O–H groups in total. The molecule has 1 atom stereocenters. The fraction of sp³-hybridized carbons (Fsp3) is 0.409. The van der Waals surface area contributed by atoms with Crippen LogP contribution in [0.2, 0.25) is 0 Å². The molecule has 2 aromatic rings. The van der Waals surface area contributed by atoms with Gasteiger partial charge in [-0.05, 0) is 38.8 Å². The van der Waals surface area contributed by atoms with E-state index >= 15 is 0 Å². The van der Waals surface area contributed by atoms with Crippen molar-refractivity contribution in [2.75, 3.05) is 23.9 Å². The Bertz CT molecular complexity index is 980. The second kappa shape index (κ2) is 8.14. The molecule has 9 heteroatoms. The van der Waals surface area contributed by atoms with Crippen LogP contribution in [0.3, 0.4) is 0 Å². The van der Waals surface area contributed by atoms with Crippen molar-refractivity contribution in [3.8, 4) is 5.75 Å². The quantitative estimate of drug-likeness (QED) is 0.675. The molecular formula is C22H27FN4O4. The van der Waals surface area contributed by atoms with Gasteiger partial charge < -0.3 is 20.5 Å². The van der Waals surface area contributed by atoms with Crippen molar-refractivity contribution in [3.63, 3.8) is 0 Å². The number of alkyl halides is 1. The number of pyridine rings is 1. The number of benzene rings is 1. The van der Waals surface area contributed by atoms with Gasteiger partial charge in [-0.1, -0.05) is 24.3 Å². The summed E-state index contributed by atoms with van der Waals surface area (Å²) in [6.07, 6.45) is 1.45. The largest absolute Gasteiger partial charge is 0.495 e. The summed E-state index contributed by atoms with van der Waals surface area (Å²) in [6, 6.07) is 6.73. The predicted octanol–water partition coefficient (Wildman–Crippen LogP) is 3.28. The van der Waals surface area contributed by atoms with Crippen LogP contribution in [0.5, 0.6) is 5.75 Å². The highest BCUT2D eigenvalue weighted by atomic mass is 19.1. The Hall–Kier alpha value is -3.20. The first-order valence-corrected chi connectivity index (χ1v) is 9.84. The maximum absolute atomic E-state index is 14.2. The molecule has 3 rings (SSSR count). The molecule has 0 radical (unpaired) electrons. The number of ether oxygens (including phenoxy) is 1. The molecule has 0 aliphatic carbocycles. The van der Waals surface area contributed by atoms with E-state index in [9.17, 15) is 19.1 Å². The van der Waals surface area contributed by atoms with Crippen LogP contribution < -0.4 is 20.3 Å². The topological polar surface area (TPSA) is 104 Å². The number of nitrogens with one attached hydrogen (secondary N) is 2. The molecule has 0 saturated carbocycles. The first kappa shape index (κ1) is 22.5. The van der Waals surface area contributed by atoms with Crippen LogP contribution in [-0.4, -0.2) is 41.3 Å². The highest BCUT2D eigenvalue weighted by Gasteiger charge is 2.35. The molecule has 8 nitrogen and oxygen atoms in total. The maximum Gasteiger partial charge on any atom is 0.324 e. The van der Waals surface area contributed by atoms with Crippen molar-refractivity contribution in [2.24, 2.45) is 0 Å². The van der Waals surface area contributed by atoms with Crippen LogP contribution in [0.1, 0.15) is 44.9 Å². The number of aliphatic hydroxyl groups is 1. The normalized spacial score (nSPS) is 15.1. The summed E-state index contributed by atoms with van der Waals surface area (Å²) in [5.41, 5.74) is -1.42. The lowest BCUT2D eigenvalue weighted by atomic mass is 9.90. The summed E-state index contributed by atoms with van der Waals surface area (Å²) in [5.74, 6) is 0.320. The van der Waals surface area contributed by atoms with Crippen LogP contribution in [0.15, 0.2) is 36.5 Å². The van der Waals surface area contributed by atoms with E-state index in [1.807, 2.05) is 0 Å². The van der Waals surface area contributed by atoms with Gasteiger partial charge in [0.25, 0.3) is 0 Å². The number of aromatic nitrogens is 1. The Labute approximate surface area is 180 Å². The molecular weight excluding hydrogens is 403 g/mol. The standard InChI is InChI=1S/C22H27FN4O4/c1-21(2,23)14-8-6-13(7-9-14)18(22(3,4)30)26-20(29)27-12-17(28)25-16-10-15(31-5)11-24-19(16)27/h6-11,18,30H,12H2,1-5H3,(H,25,28)(H,26,29). The molecule has 1 aliphatic rings. The van der Waals surface area contributed by atoms with Crippen molar-refractivity contribution in [3.05, 3.63) is 47.7 Å². The van der Waals surface area contributed by atoms with Crippen LogP contribution in [0, 0.1) is 0 Å². The van der Waals surface area contributed by atoms with E-state index in [0.29, 0.717) is 22.6 Å². The van der Waals surface area contributed by atoms with Crippen molar-refractivity contribution >= 4 is 23.4 Å². The minimum atomic E-state index is -1.51. The maximum atomic E-state index is 14.2. The molecule has 3 amide bonds. The number of hydrogen-bond donors (Lipinski definition) is 3. The molecule has 0 bridgehead atoms. The molecule has 0 saturated heterocycles. The van der Waals surface area contributed by atoms with E-state index in [1.165, 1.54) is 32.1 Å². The van der Waals surface area contributed by atoms with Gasteiger partial charge in [-0.15, -0.1) is 0 Å². The predicted molar refractivity (Wildman–Crippen MR) is 115 cm³/mol. The lowest BCUT2D eigenvalue weighted by Gasteiger charge is -2.34. The zero-order chi connectivity index (χ0) is 23.0. The van der Waals surface area contributed by atoms with Crippen molar-refractivity contribution in [1.29, 1.82) is 0 Å². The number of hydrogen-bond acceptors (Lipinski definition) is 5. The fourth-order valence-corrected chi connectivity index (χ4v) is 3.37. The lowest BCUT2D eigenvalue weighted by molar-refractivity contribution is -0.115. The van der Waals surface area contributed by atoms with Crippen LogP contribution in [0.4, 0.5) is 20.7 Å². The SMILES string of the molecule is COc1cnc2c(c1)NC(=O)CN2C(=O)NC(c1ccc(C(C)(C)F)cc1)C(C)(C)O. The average Bonchev–Trinajstić information content (AvgIpc) is 2.69. The Morgan fingerprint density at radius 1 is 1.29 bits per heavy atom. The molecule has 0 spiro atoms. The Morgan fingerprint density at radius 3 is 2.48 bits per heavy atom. The molecule has 1 aromatic carbocycles. The van der Waals surface area contributed by atoms with Crippen LogP contribution in [0.25, 0.3) is 0 Å². The molecule has 2 heterocycles. The van der Waals surface area contributed by atoms with Gasteiger partial charge in [0.2, 0.25) is 5.91 Å². The summed E-state index contributed by atoms with van der Waals surface area (Å²) in [7, 11) is 1.47. The van der Waals surface area contributed by atoms with E-state index < -0.39 is 23.3 Å². The molecule has 166 valence electrons. The molecule has 1 aliphatic heterocycles. The number of carbonyl (C=O) groups excluding carboxylic acids is 2. The third-order valence-corrected chi connectivity index (χ3v) is 5.06. The Kier molecular flexibility index (Phi) is 5.91. The molecule has 0 fully saturated rings. The number of methoxy groups -OCH3 is 1. The minimum Gasteiger partial charge on any atom is -0.495 e. The van der Waals surface area contributed by atoms with E-state index in [4.69, 9.17) is 4.74 Å². The van der Waals surface area contributed by atoms with Crippen molar-refractivity contribution in [1.82, 2.24) is 10.3 Å². The Balaban J connectivity index is 1.90. The second-order valence-corrected chi connectivity index (χ2v) is 8.51. The number of carbonyl (C=O) groups is 2. The van der Waals surface area contributed by atoms with Crippen molar-refractivity contribution < 1.29 is 23.8 Å². The number of anilines is 2. The van der Waals surface area contributed by atoms with Gasteiger partial charge in [-0.2, -0.15) is 0 Å². The van der Waals surface area contributed by atoms with Crippen LogP contribution in [-0.2, 0) is 10.5 Å². The summed E-state index contributed by atoms with van der Waals surface area (Å²) in [6.45, 7) is 5.80. The van der Waals surface area contributed by atoms with Gasteiger partial charge in [0.1, 0.15) is 18.0 Å². The van der Waals surface area contributed by atoms with E-state index in [-0.39, 0.29) is 18.3 Å². The van der Waals surface area contributed by atoms with Gasteiger partial charge in [-0.3, -0.25) is 9.69 Å². The molecule has 31 heavy (non-hydrogen) atoms. The summed E-state index contributed by atoms with van der Waals surface area (Å²) >= 11 is 0. The number of nitrogens with zero attached hydrogens (tertiary/aromatic N) is 2. The number of rotatable bonds is 5. The highest BCUT2D eigenvalue weighted by Crippen LogP contribution is 2.33. The fourth-order valence-electron chi connectivity index (χ4n) is 3.37. The number of halogens is 1. The minimum absolute atomic E-state index is 0.230. The zero-order valence-electron chi connectivity index (χ0n) is 18.2. The van der Waals surface area contributed by atoms with Gasteiger partial charge in [0, 0.05) is 6.07 Å². The van der Waals surface area contributed by atoms with Gasteiger partial charge >= 0.3 is 6.03 Å². The Morgan fingerprint density at radius 2 is 1.94 bits per heavy atom. The van der Waals surface area contributed by atoms with Gasteiger partial charge in [-0.25, -0.2) is 14.2 Å². The van der Waals surface area contributed by atoms with Gasteiger partial charge in [0.05, 0.1) is 30.6 Å². The third-order valence-electron chi connectivity index (χ3n) is 5.06. The molecule has 1 unspecified atom stereocenters. The molecule has 1 aromatic heterocycles. The third kappa shape index (κ3) is 4.93. The zero-order valence-corrected chi connectivity index (χ0v) is 18.2. The number of fused-ring (bicyclic) bond motifs is 1. The van der Waals surface area contributed by atoms with E-state index in [2.05, 4.69) is 15.6 Å². The summed E-state index contributed by atoms with van der Waals surface area (Å²) in [4.78, 5) is 30.7.